The van der Waals surface area contributed by atoms with Crippen molar-refractivity contribution in [2.75, 3.05) is 18.0 Å². The van der Waals surface area contributed by atoms with Crippen molar-refractivity contribution in [1.29, 1.82) is 5.26 Å². The molecule has 0 aliphatic carbocycles. The van der Waals surface area contributed by atoms with Crippen LogP contribution in [0.2, 0.25) is 0 Å². The van der Waals surface area contributed by atoms with Gasteiger partial charge in [0.25, 0.3) is 0 Å². The van der Waals surface area contributed by atoms with Gasteiger partial charge >= 0.3 is 0 Å². The standard InChI is InChI=1S/C14H18N4O/c1-9-6-10(2)17-14(12(9)7-15)18-5-3-4-11(8-18)13(16)19/h6,11H,3-5,8H2,1-2H3,(H2,16,19)/t11-/m1/s1. The number of primary amides is 1. The quantitative estimate of drug-likeness (QED) is 0.866. The van der Waals surface area contributed by atoms with Gasteiger partial charge in [0.05, 0.1) is 11.5 Å². The number of pyridine rings is 1. The highest BCUT2D eigenvalue weighted by Crippen LogP contribution is 2.26. The van der Waals surface area contributed by atoms with Crippen molar-refractivity contribution >= 4 is 11.7 Å². The maximum atomic E-state index is 11.3. The molecule has 100 valence electrons. The number of piperidine rings is 1. The molecule has 2 N–H and O–H groups in total. The predicted molar refractivity (Wildman–Crippen MR) is 72.6 cm³/mol. The molecular formula is C14H18N4O. The van der Waals surface area contributed by atoms with E-state index in [0.29, 0.717) is 17.9 Å². The lowest BCUT2D eigenvalue weighted by Gasteiger charge is -2.33. The smallest absolute Gasteiger partial charge is 0.222 e. The number of nitrogens with two attached hydrogens (primary N) is 1. The van der Waals surface area contributed by atoms with Gasteiger partial charge in [-0.15, -0.1) is 0 Å². The number of rotatable bonds is 2. The molecule has 1 aromatic heterocycles. The SMILES string of the molecule is Cc1cc(C)c(C#N)c(N2CCC[C@@H](C(N)=O)C2)n1. The van der Waals surface area contributed by atoms with E-state index < -0.39 is 0 Å². The highest BCUT2D eigenvalue weighted by Gasteiger charge is 2.26. The molecule has 0 spiro atoms. The lowest BCUT2D eigenvalue weighted by atomic mass is 9.97. The molecule has 1 amide bonds. The van der Waals surface area contributed by atoms with Gasteiger partial charge in [0.2, 0.25) is 5.91 Å². The molecule has 1 atom stereocenters. The van der Waals surface area contributed by atoms with Gasteiger partial charge in [0.1, 0.15) is 11.9 Å². The van der Waals surface area contributed by atoms with E-state index >= 15 is 0 Å². The molecule has 1 aliphatic heterocycles. The molecule has 0 saturated carbocycles. The number of nitriles is 1. The first kappa shape index (κ1) is 13.3. The van der Waals surface area contributed by atoms with Crippen LogP contribution in [0.5, 0.6) is 0 Å². The van der Waals surface area contributed by atoms with Crippen LogP contribution >= 0.6 is 0 Å². The molecule has 0 bridgehead atoms. The minimum Gasteiger partial charge on any atom is -0.369 e. The second-order valence-corrected chi connectivity index (χ2v) is 5.08. The van der Waals surface area contributed by atoms with Crippen LogP contribution in [0.15, 0.2) is 6.07 Å². The molecule has 0 unspecified atom stereocenters. The fourth-order valence-electron chi connectivity index (χ4n) is 2.59. The number of aryl methyl sites for hydroxylation is 2. The van der Waals surface area contributed by atoms with Gasteiger partial charge in [-0.25, -0.2) is 4.98 Å². The van der Waals surface area contributed by atoms with Crippen LogP contribution in [-0.4, -0.2) is 24.0 Å². The van der Waals surface area contributed by atoms with Crippen LogP contribution in [0.25, 0.3) is 0 Å². The topological polar surface area (TPSA) is 83.0 Å². The van der Waals surface area contributed by atoms with Crippen molar-refractivity contribution in [2.45, 2.75) is 26.7 Å². The highest BCUT2D eigenvalue weighted by atomic mass is 16.1. The van der Waals surface area contributed by atoms with Crippen molar-refractivity contribution < 1.29 is 4.79 Å². The van der Waals surface area contributed by atoms with Crippen molar-refractivity contribution in [3.8, 4) is 6.07 Å². The Labute approximate surface area is 113 Å². The third-order valence-corrected chi connectivity index (χ3v) is 3.56. The number of nitrogens with zero attached hydrogens (tertiary/aromatic N) is 3. The van der Waals surface area contributed by atoms with Gasteiger partial charge in [-0.05, 0) is 38.3 Å². The second kappa shape index (κ2) is 5.27. The molecule has 0 radical (unpaired) electrons. The van der Waals surface area contributed by atoms with Crippen molar-refractivity contribution in [3.05, 3.63) is 22.9 Å². The zero-order chi connectivity index (χ0) is 14.0. The number of amides is 1. The van der Waals surface area contributed by atoms with Gasteiger partial charge in [-0.1, -0.05) is 0 Å². The van der Waals surface area contributed by atoms with E-state index in [9.17, 15) is 10.1 Å². The van der Waals surface area contributed by atoms with E-state index in [1.54, 1.807) is 0 Å². The summed E-state index contributed by atoms with van der Waals surface area (Å²) >= 11 is 0. The third-order valence-electron chi connectivity index (χ3n) is 3.56. The number of carbonyl (C=O) groups is 1. The van der Waals surface area contributed by atoms with Gasteiger partial charge < -0.3 is 10.6 Å². The summed E-state index contributed by atoms with van der Waals surface area (Å²) < 4.78 is 0. The minimum absolute atomic E-state index is 0.150. The molecule has 5 nitrogen and oxygen atoms in total. The number of carbonyl (C=O) groups excluding carboxylic acids is 1. The van der Waals surface area contributed by atoms with E-state index in [0.717, 1.165) is 30.6 Å². The van der Waals surface area contributed by atoms with E-state index in [4.69, 9.17) is 5.73 Å². The number of anilines is 1. The maximum Gasteiger partial charge on any atom is 0.222 e. The van der Waals surface area contributed by atoms with Crippen molar-refractivity contribution in [1.82, 2.24) is 4.98 Å². The molecule has 1 saturated heterocycles. The minimum atomic E-state index is -0.271. The zero-order valence-corrected chi connectivity index (χ0v) is 11.3. The Bertz CT molecular complexity index is 547. The molecular weight excluding hydrogens is 240 g/mol. The Hall–Kier alpha value is -2.09. The number of hydrogen-bond donors (Lipinski definition) is 1. The van der Waals surface area contributed by atoms with E-state index in [1.165, 1.54) is 0 Å². The summed E-state index contributed by atoms with van der Waals surface area (Å²) in [5, 5.41) is 9.29. The Morgan fingerprint density at radius 1 is 1.58 bits per heavy atom. The Kier molecular flexibility index (Phi) is 3.70. The van der Waals surface area contributed by atoms with Crippen molar-refractivity contribution in [3.63, 3.8) is 0 Å². The van der Waals surface area contributed by atoms with Crippen LogP contribution in [0, 0.1) is 31.1 Å². The highest BCUT2D eigenvalue weighted by molar-refractivity contribution is 5.77. The van der Waals surface area contributed by atoms with Crippen LogP contribution in [0.3, 0.4) is 0 Å². The van der Waals surface area contributed by atoms with Crippen LogP contribution in [0.1, 0.15) is 29.7 Å². The molecule has 0 aromatic carbocycles. The third kappa shape index (κ3) is 2.68. The van der Waals surface area contributed by atoms with E-state index in [1.807, 2.05) is 24.8 Å². The summed E-state index contributed by atoms with van der Waals surface area (Å²) in [5.74, 6) is 0.265. The summed E-state index contributed by atoms with van der Waals surface area (Å²) in [7, 11) is 0. The Morgan fingerprint density at radius 2 is 2.32 bits per heavy atom. The average molecular weight is 258 g/mol. The molecule has 1 fully saturated rings. The molecule has 1 aliphatic rings. The van der Waals surface area contributed by atoms with E-state index in [2.05, 4.69) is 11.1 Å². The van der Waals surface area contributed by atoms with Crippen LogP contribution in [0.4, 0.5) is 5.82 Å². The molecule has 1 aromatic rings. The van der Waals surface area contributed by atoms with Gasteiger partial charge in [0.15, 0.2) is 0 Å². The van der Waals surface area contributed by atoms with Gasteiger partial charge in [-0.3, -0.25) is 4.79 Å². The zero-order valence-electron chi connectivity index (χ0n) is 11.3. The summed E-state index contributed by atoms with van der Waals surface area (Å²) in [6.07, 6.45) is 1.71. The Balaban J connectivity index is 2.36. The molecule has 19 heavy (non-hydrogen) atoms. The summed E-state index contributed by atoms with van der Waals surface area (Å²) in [6, 6.07) is 4.11. The average Bonchev–Trinajstić information content (AvgIpc) is 2.38. The van der Waals surface area contributed by atoms with Crippen LogP contribution in [-0.2, 0) is 4.79 Å². The molecule has 5 heteroatoms. The predicted octanol–water partition coefficient (Wildman–Crippen LogP) is 1.27. The lowest BCUT2D eigenvalue weighted by molar-refractivity contribution is -0.122. The summed E-state index contributed by atoms with van der Waals surface area (Å²) in [6.45, 7) is 5.19. The summed E-state index contributed by atoms with van der Waals surface area (Å²) in [5.41, 5.74) is 7.78. The second-order valence-electron chi connectivity index (χ2n) is 5.08. The van der Waals surface area contributed by atoms with Gasteiger partial charge in [-0.2, -0.15) is 5.26 Å². The van der Waals surface area contributed by atoms with E-state index in [-0.39, 0.29) is 11.8 Å². The van der Waals surface area contributed by atoms with Gasteiger partial charge in [0, 0.05) is 18.8 Å². The largest absolute Gasteiger partial charge is 0.369 e. The van der Waals surface area contributed by atoms with Crippen LogP contribution < -0.4 is 10.6 Å². The number of hydrogen-bond acceptors (Lipinski definition) is 4. The first-order chi connectivity index (χ1) is 9.02. The molecule has 2 heterocycles. The first-order valence-electron chi connectivity index (χ1n) is 6.45. The lowest BCUT2D eigenvalue weighted by Crippen LogP contribution is -2.42. The fraction of sp³-hybridized carbons (Fsp3) is 0.500. The first-order valence-corrected chi connectivity index (χ1v) is 6.45. The molecule has 2 rings (SSSR count). The fourth-order valence-corrected chi connectivity index (χ4v) is 2.59. The monoisotopic (exact) mass is 258 g/mol. The Morgan fingerprint density at radius 3 is 2.95 bits per heavy atom. The van der Waals surface area contributed by atoms with Crippen molar-refractivity contribution in [2.24, 2.45) is 11.7 Å². The maximum absolute atomic E-state index is 11.3. The normalized spacial score (nSPS) is 19.0. The number of aromatic nitrogens is 1. The summed E-state index contributed by atoms with van der Waals surface area (Å²) in [4.78, 5) is 17.8.